The fourth-order valence-electron chi connectivity index (χ4n) is 1.08. The molecule has 1 aromatic rings. The molecule has 0 aliphatic carbocycles. The molecule has 1 atom stereocenters. The zero-order chi connectivity index (χ0) is 14.8. The molecule has 0 spiro atoms. The largest absolute Gasteiger partial charge is 0.416 e. The quantitative estimate of drug-likeness (QED) is 0.751. The molecule has 106 valence electrons. The van der Waals surface area contributed by atoms with E-state index in [9.17, 15) is 17.4 Å². The Hall–Kier alpha value is -0.880. The summed E-state index contributed by atoms with van der Waals surface area (Å²) < 4.78 is 52.5. The Kier molecular flexibility index (Phi) is 4.79. The molecule has 0 amide bonds. The van der Waals surface area contributed by atoms with Crippen molar-refractivity contribution in [2.24, 2.45) is 4.40 Å². The summed E-state index contributed by atoms with van der Waals surface area (Å²) in [6.07, 6.45) is -3.34. The molecule has 1 aromatic carbocycles. The molecule has 1 unspecified atom stereocenters. The van der Waals surface area contributed by atoms with E-state index < -0.39 is 27.5 Å². The lowest BCUT2D eigenvalue weighted by atomic mass is 10.1. The number of halogens is 4. The van der Waals surface area contributed by atoms with Gasteiger partial charge in [0.05, 0.1) is 10.3 Å². The van der Waals surface area contributed by atoms with Crippen molar-refractivity contribution in [1.82, 2.24) is 0 Å². The third kappa shape index (κ3) is 4.62. The highest BCUT2D eigenvalue weighted by molar-refractivity contribution is 7.85. The summed E-state index contributed by atoms with van der Waals surface area (Å²) >= 11 is 5.79. The lowest BCUT2D eigenvalue weighted by molar-refractivity contribution is -0.137. The average Bonchev–Trinajstić information content (AvgIpc) is 2.24. The molecule has 0 bridgehead atoms. The van der Waals surface area contributed by atoms with E-state index in [1.54, 1.807) is 20.8 Å². The Morgan fingerprint density at radius 1 is 1.26 bits per heavy atom. The first kappa shape index (κ1) is 16.2. The van der Waals surface area contributed by atoms with Gasteiger partial charge in [0.15, 0.2) is 0 Å². The van der Waals surface area contributed by atoms with Crippen molar-refractivity contribution in [2.75, 3.05) is 0 Å². The highest BCUT2D eigenvalue weighted by Crippen LogP contribution is 2.31. The number of rotatable bonds is 2. The lowest BCUT2D eigenvalue weighted by Crippen LogP contribution is -2.19. The fraction of sp³-hybridized carbons (Fsp3) is 0.417. The number of benzene rings is 1. The highest BCUT2D eigenvalue weighted by atomic mass is 35.5. The van der Waals surface area contributed by atoms with Crippen LogP contribution < -0.4 is 0 Å². The minimum atomic E-state index is -4.45. The molecule has 1 rings (SSSR count). The predicted octanol–water partition coefficient (Wildman–Crippen LogP) is 4.24. The van der Waals surface area contributed by atoms with E-state index in [0.717, 1.165) is 24.4 Å². The third-order valence-electron chi connectivity index (χ3n) is 2.13. The van der Waals surface area contributed by atoms with Crippen LogP contribution in [-0.4, -0.2) is 15.2 Å². The molecule has 0 aliphatic rings. The number of nitrogens with zero attached hydrogens (tertiary/aromatic N) is 1. The van der Waals surface area contributed by atoms with E-state index >= 15 is 0 Å². The number of hydrogen-bond acceptors (Lipinski definition) is 1. The molecule has 0 fully saturated rings. The molecule has 0 saturated carbocycles. The van der Waals surface area contributed by atoms with E-state index in [-0.39, 0.29) is 10.6 Å². The van der Waals surface area contributed by atoms with E-state index in [1.807, 2.05) is 0 Å². The van der Waals surface area contributed by atoms with Crippen LogP contribution in [0.3, 0.4) is 0 Å². The second-order valence-electron chi connectivity index (χ2n) is 4.83. The van der Waals surface area contributed by atoms with Crippen molar-refractivity contribution >= 4 is 28.8 Å². The first-order chi connectivity index (χ1) is 8.51. The Balaban J connectivity index is 3.08. The van der Waals surface area contributed by atoms with E-state index in [2.05, 4.69) is 4.40 Å². The summed E-state index contributed by atoms with van der Waals surface area (Å²) in [5, 5.41) is 0.127. The molecule has 0 saturated heterocycles. The van der Waals surface area contributed by atoms with Crippen LogP contribution in [0.4, 0.5) is 13.2 Å². The van der Waals surface area contributed by atoms with Crippen molar-refractivity contribution in [2.45, 2.75) is 31.7 Å². The maximum Gasteiger partial charge on any atom is 0.416 e. The van der Waals surface area contributed by atoms with E-state index in [1.165, 1.54) is 0 Å². The van der Waals surface area contributed by atoms with Crippen LogP contribution in [0.2, 0.25) is 5.02 Å². The van der Waals surface area contributed by atoms with Gasteiger partial charge in [-0.1, -0.05) is 11.6 Å². The van der Waals surface area contributed by atoms with Crippen LogP contribution in [0.1, 0.15) is 31.9 Å². The monoisotopic (exact) mass is 311 g/mol. The molecule has 0 aliphatic heterocycles. The highest BCUT2D eigenvalue weighted by Gasteiger charge is 2.30. The molecule has 0 aromatic heterocycles. The minimum absolute atomic E-state index is 0.0918. The molecule has 19 heavy (non-hydrogen) atoms. The molecule has 0 radical (unpaired) electrons. The fourth-order valence-corrected chi connectivity index (χ4v) is 1.77. The topological polar surface area (TPSA) is 29.4 Å². The van der Waals surface area contributed by atoms with Crippen molar-refractivity contribution in [3.63, 3.8) is 0 Å². The smallest absolute Gasteiger partial charge is 0.234 e. The Bertz CT molecular complexity index is 521. The van der Waals surface area contributed by atoms with Crippen LogP contribution in [-0.2, 0) is 17.2 Å². The molecule has 2 nitrogen and oxygen atoms in total. The van der Waals surface area contributed by atoms with Crippen LogP contribution in [0, 0.1) is 0 Å². The van der Waals surface area contributed by atoms with Gasteiger partial charge in [0.25, 0.3) is 0 Å². The van der Waals surface area contributed by atoms with Crippen LogP contribution >= 0.6 is 11.6 Å². The first-order valence-electron chi connectivity index (χ1n) is 5.34. The van der Waals surface area contributed by atoms with Gasteiger partial charge in [0, 0.05) is 16.8 Å². The van der Waals surface area contributed by atoms with Crippen molar-refractivity contribution < 1.29 is 17.4 Å². The van der Waals surface area contributed by atoms with E-state index in [4.69, 9.17) is 11.6 Å². The Morgan fingerprint density at radius 2 is 1.84 bits per heavy atom. The maximum atomic E-state index is 12.5. The number of alkyl halides is 3. The van der Waals surface area contributed by atoms with Gasteiger partial charge >= 0.3 is 6.18 Å². The van der Waals surface area contributed by atoms with Gasteiger partial charge in [-0.25, -0.2) is 4.21 Å². The van der Waals surface area contributed by atoms with Crippen LogP contribution in [0.25, 0.3) is 0 Å². The Morgan fingerprint density at radius 3 is 2.32 bits per heavy atom. The summed E-state index contributed by atoms with van der Waals surface area (Å²) in [6.45, 7) is 5.15. The molecule has 7 heteroatoms. The van der Waals surface area contributed by atoms with Gasteiger partial charge in [-0.3, -0.25) is 0 Å². The van der Waals surface area contributed by atoms with Crippen molar-refractivity contribution in [3.05, 3.63) is 34.3 Å². The van der Waals surface area contributed by atoms with E-state index in [0.29, 0.717) is 0 Å². The first-order valence-corrected chi connectivity index (χ1v) is 6.83. The van der Waals surface area contributed by atoms with Crippen LogP contribution in [0.15, 0.2) is 22.6 Å². The van der Waals surface area contributed by atoms with Gasteiger partial charge in [0.2, 0.25) is 0 Å². The summed E-state index contributed by atoms with van der Waals surface area (Å²) in [5.41, 5.74) is -0.728. The van der Waals surface area contributed by atoms with Crippen molar-refractivity contribution in [3.8, 4) is 0 Å². The average molecular weight is 312 g/mol. The second-order valence-corrected chi connectivity index (χ2v) is 7.17. The number of hydrogen-bond donors (Lipinski definition) is 0. The van der Waals surface area contributed by atoms with Gasteiger partial charge in [0.1, 0.15) is 11.0 Å². The van der Waals surface area contributed by atoms with Gasteiger partial charge in [-0.05, 0) is 39.0 Å². The summed E-state index contributed by atoms with van der Waals surface area (Å²) in [4.78, 5) is 0. The zero-order valence-electron chi connectivity index (χ0n) is 10.6. The minimum Gasteiger partial charge on any atom is -0.234 e. The molecular weight excluding hydrogens is 299 g/mol. The maximum absolute atomic E-state index is 12.5. The summed E-state index contributed by atoms with van der Waals surface area (Å²) in [5.74, 6) is 0. The standard InChI is InChI=1S/C12H13ClF3NOS/c1-11(2,3)19(18)17-7-8-6-9(12(14,15)16)4-5-10(8)13/h4-7H,1-3H3. The lowest BCUT2D eigenvalue weighted by Gasteiger charge is -2.13. The third-order valence-corrected chi connectivity index (χ3v) is 3.82. The van der Waals surface area contributed by atoms with Crippen molar-refractivity contribution in [1.29, 1.82) is 0 Å². The molecular formula is C12H13ClF3NOS. The van der Waals surface area contributed by atoms with Gasteiger partial charge in [-0.15, -0.1) is 0 Å². The Labute approximate surface area is 117 Å². The predicted molar refractivity (Wildman–Crippen MR) is 71.9 cm³/mol. The SMILES string of the molecule is CC(C)(C)S(=O)N=Cc1cc(C(F)(F)F)ccc1Cl. The zero-order valence-corrected chi connectivity index (χ0v) is 12.2. The summed E-state index contributed by atoms with van der Waals surface area (Å²) in [6, 6.07) is 2.91. The second kappa shape index (κ2) is 5.63. The van der Waals surface area contributed by atoms with Gasteiger partial charge < -0.3 is 0 Å². The van der Waals surface area contributed by atoms with Gasteiger partial charge in [-0.2, -0.15) is 17.6 Å². The normalized spacial score (nSPS) is 14.9. The summed E-state index contributed by atoms with van der Waals surface area (Å²) in [7, 11) is -1.54. The van der Waals surface area contributed by atoms with Crippen LogP contribution in [0.5, 0.6) is 0 Å². The molecule has 0 N–H and O–H groups in total. The molecule has 0 heterocycles.